The minimum absolute atomic E-state index is 0.0107. The van der Waals surface area contributed by atoms with Crippen molar-refractivity contribution in [2.24, 2.45) is 5.92 Å². The topological polar surface area (TPSA) is 49.4 Å². The van der Waals surface area contributed by atoms with Crippen LogP contribution in [-0.4, -0.2) is 23.4 Å². The van der Waals surface area contributed by atoms with Crippen molar-refractivity contribution in [2.75, 3.05) is 4.90 Å². The number of amides is 2. The van der Waals surface area contributed by atoms with Crippen LogP contribution < -0.4 is 10.2 Å². The fraction of sp³-hybridized carbons (Fsp3) is 0.500. The summed E-state index contributed by atoms with van der Waals surface area (Å²) in [5.41, 5.74) is 1.06. The number of carbonyl (C=O) groups excluding carboxylic acids is 2. The van der Waals surface area contributed by atoms with Gasteiger partial charge in [0.15, 0.2) is 0 Å². The Bertz CT molecular complexity index is 627. The molecule has 1 aromatic carbocycles. The van der Waals surface area contributed by atoms with Crippen molar-refractivity contribution >= 4 is 33.4 Å². The van der Waals surface area contributed by atoms with Crippen LogP contribution >= 0.6 is 15.9 Å². The van der Waals surface area contributed by atoms with E-state index in [-0.39, 0.29) is 17.7 Å². The van der Waals surface area contributed by atoms with Crippen LogP contribution in [0.25, 0.3) is 0 Å². The lowest BCUT2D eigenvalue weighted by molar-refractivity contribution is -0.138. The highest BCUT2D eigenvalue weighted by Crippen LogP contribution is 2.43. The SMILES string of the molecule is Cc1ccc(Br)c(N2C(=O)C(C)(C3CC3)NC(=O)C2C)c1. The summed E-state index contributed by atoms with van der Waals surface area (Å²) in [6.45, 7) is 5.61. The molecular weight excluding hydrogens is 332 g/mol. The summed E-state index contributed by atoms with van der Waals surface area (Å²) < 4.78 is 0.834. The second-order valence-electron chi connectivity index (χ2n) is 6.27. The van der Waals surface area contributed by atoms with Crippen LogP contribution in [0.2, 0.25) is 0 Å². The van der Waals surface area contributed by atoms with Crippen molar-refractivity contribution in [3.8, 4) is 0 Å². The van der Waals surface area contributed by atoms with Gasteiger partial charge in [0.25, 0.3) is 5.91 Å². The summed E-state index contributed by atoms with van der Waals surface area (Å²) in [4.78, 5) is 27.0. The zero-order valence-corrected chi connectivity index (χ0v) is 14.0. The number of hydrogen-bond donors (Lipinski definition) is 1. The third-order valence-corrected chi connectivity index (χ3v) is 5.24. The lowest BCUT2D eigenvalue weighted by Crippen LogP contribution is -2.70. The highest BCUT2D eigenvalue weighted by atomic mass is 79.9. The average Bonchev–Trinajstić information content (AvgIpc) is 3.25. The van der Waals surface area contributed by atoms with Gasteiger partial charge < -0.3 is 5.32 Å². The fourth-order valence-corrected chi connectivity index (χ4v) is 3.46. The Morgan fingerprint density at radius 2 is 2.00 bits per heavy atom. The Balaban J connectivity index is 2.07. The molecule has 1 aliphatic carbocycles. The number of rotatable bonds is 2. The third kappa shape index (κ3) is 2.27. The molecule has 2 unspecified atom stereocenters. The average molecular weight is 351 g/mol. The molecule has 2 fully saturated rings. The van der Waals surface area contributed by atoms with Crippen LogP contribution in [0, 0.1) is 12.8 Å². The lowest BCUT2D eigenvalue weighted by atomic mass is 9.89. The first kappa shape index (κ1) is 14.6. The Labute approximate surface area is 133 Å². The first-order valence-electron chi connectivity index (χ1n) is 7.26. The van der Waals surface area contributed by atoms with E-state index >= 15 is 0 Å². The highest BCUT2D eigenvalue weighted by Gasteiger charge is 2.55. The maximum Gasteiger partial charge on any atom is 0.253 e. The van der Waals surface area contributed by atoms with Crippen LogP contribution in [0.1, 0.15) is 32.3 Å². The second kappa shape index (κ2) is 4.83. The number of halogens is 1. The van der Waals surface area contributed by atoms with E-state index in [0.29, 0.717) is 0 Å². The van der Waals surface area contributed by atoms with Gasteiger partial charge in [-0.1, -0.05) is 6.07 Å². The quantitative estimate of drug-likeness (QED) is 0.891. The summed E-state index contributed by atoms with van der Waals surface area (Å²) in [5, 5.41) is 2.94. The monoisotopic (exact) mass is 350 g/mol. The van der Waals surface area contributed by atoms with Crippen LogP contribution in [0.3, 0.4) is 0 Å². The number of piperazine rings is 1. The maximum absolute atomic E-state index is 13.0. The number of carbonyl (C=O) groups is 2. The van der Waals surface area contributed by atoms with Gasteiger partial charge in [0.1, 0.15) is 11.6 Å². The molecule has 0 radical (unpaired) electrons. The van der Waals surface area contributed by atoms with E-state index in [1.165, 1.54) is 0 Å². The van der Waals surface area contributed by atoms with Crippen LogP contribution in [0.4, 0.5) is 5.69 Å². The van der Waals surface area contributed by atoms with Crippen molar-refractivity contribution in [1.29, 1.82) is 0 Å². The molecule has 1 aliphatic heterocycles. The summed E-state index contributed by atoms with van der Waals surface area (Å²) in [7, 11) is 0. The molecular formula is C16H19BrN2O2. The zero-order valence-electron chi connectivity index (χ0n) is 12.4. The largest absolute Gasteiger partial charge is 0.340 e. The molecule has 2 aliphatic rings. The van der Waals surface area contributed by atoms with E-state index < -0.39 is 11.6 Å². The number of benzene rings is 1. The van der Waals surface area contributed by atoms with Gasteiger partial charge in [0, 0.05) is 4.47 Å². The summed E-state index contributed by atoms with van der Waals surface area (Å²) in [5.74, 6) is 0.161. The summed E-state index contributed by atoms with van der Waals surface area (Å²) in [6, 6.07) is 5.35. The number of nitrogens with zero attached hydrogens (tertiary/aromatic N) is 1. The highest BCUT2D eigenvalue weighted by molar-refractivity contribution is 9.10. The molecule has 0 aromatic heterocycles. The Morgan fingerprint density at radius 3 is 2.62 bits per heavy atom. The van der Waals surface area contributed by atoms with Gasteiger partial charge >= 0.3 is 0 Å². The van der Waals surface area contributed by atoms with Crippen molar-refractivity contribution in [1.82, 2.24) is 5.32 Å². The van der Waals surface area contributed by atoms with Crippen molar-refractivity contribution in [3.63, 3.8) is 0 Å². The Morgan fingerprint density at radius 1 is 1.33 bits per heavy atom. The van der Waals surface area contributed by atoms with Crippen molar-refractivity contribution < 1.29 is 9.59 Å². The molecule has 21 heavy (non-hydrogen) atoms. The number of anilines is 1. The van der Waals surface area contributed by atoms with Gasteiger partial charge in [0.2, 0.25) is 5.91 Å². The number of aryl methyl sites for hydroxylation is 1. The molecule has 112 valence electrons. The molecule has 2 atom stereocenters. The predicted molar refractivity (Wildman–Crippen MR) is 85.1 cm³/mol. The number of hydrogen-bond acceptors (Lipinski definition) is 2. The molecule has 1 heterocycles. The molecule has 3 rings (SSSR count). The van der Waals surface area contributed by atoms with E-state index in [4.69, 9.17) is 0 Å². The standard InChI is InChI=1S/C16H19BrN2O2/c1-9-4-7-12(17)13(8-9)19-10(2)14(20)18-16(3,15(19)21)11-5-6-11/h4,7-8,10-11H,5-6H2,1-3H3,(H,18,20). The molecule has 1 N–H and O–H groups in total. The summed E-state index contributed by atoms with van der Waals surface area (Å²) in [6.07, 6.45) is 2.00. The second-order valence-corrected chi connectivity index (χ2v) is 7.13. The van der Waals surface area contributed by atoms with E-state index in [1.807, 2.05) is 32.0 Å². The van der Waals surface area contributed by atoms with E-state index in [0.717, 1.165) is 28.6 Å². The van der Waals surface area contributed by atoms with Crippen molar-refractivity contribution in [2.45, 2.75) is 45.2 Å². The van der Waals surface area contributed by atoms with Gasteiger partial charge in [-0.25, -0.2) is 0 Å². The fourth-order valence-electron chi connectivity index (χ4n) is 3.02. The van der Waals surface area contributed by atoms with E-state index in [2.05, 4.69) is 21.2 Å². The first-order chi connectivity index (χ1) is 9.84. The first-order valence-corrected chi connectivity index (χ1v) is 8.05. The smallest absolute Gasteiger partial charge is 0.253 e. The number of nitrogens with one attached hydrogen (secondary N) is 1. The van der Waals surface area contributed by atoms with Crippen LogP contribution in [0.15, 0.2) is 22.7 Å². The Kier molecular flexibility index (Phi) is 3.35. The van der Waals surface area contributed by atoms with Crippen LogP contribution in [0.5, 0.6) is 0 Å². The van der Waals surface area contributed by atoms with Gasteiger partial charge in [-0.05, 0) is 73.2 Å². The molecule has 0 bridgehead atoms. The van der Waals surface area contributed by atoms with Gasteiger partial charge in [-0.2, -0.15) is 0 Å². The normalized spacial score (nSPS) is 29.5. The minimum Gasteiger partial charge on any atom is -0.340 e. The molecule has 5 heteroatoms. The molecule has 1 aromatic rings. The lowest BCUT2D eigenvalue weighted by Gasteiger charge is -2.44. The van der Waals surface area contributed by atoms with E-state index in [1.54, 1.807) is 11.8 Å². The molecule has 4 nitrogen and oxygen atoms in total. The van der Waals surface area contributed by atoms with Gasteiger partial charge in [-0.3, -0.25) is 14.5 Å². The van der Waals surface area contributed by atoms with Crippen molar-refractivity contribution in [3.05, 3.63) is 28.2 Å². The van der Waals surface area contributed by atoms with Crippen LogP contribution in [-0.2, 0) is 9.59 Å². The minimum atomic E-state index is -0.771. The molecule has 0 spiro atoms. The van der Waals surface area contributed by atoms with Gasteiger partial charge in [0.05, 0.1) is 5.69 Å². The zero-order chi connectivity index (χ0) is 15.4. The molecule has 2 amide bonds. The predicted octanol–water partition coefficient (Wildman–Crippen LogP) is 2.78. The molecule has 1 saturated heterocycles. The van der Waals surface area contributed by atoms with E-state index in [9.17, 15) is 9.59 Å². The maximum atomic E-state index is 13.0. The third-order valence-electron chi connectivity index (χ3n) is 4.57. The molecule has 1 saturated carbocycles. The summed E-state index contributed by atoms with van der Waals surface area (Å²) >= 11 is 3.51. The Hall–Kier alpha value is -1.36. The van der Waals surface area contributed by atoms with Gasteiger partial charge in [-0.15, -0.1) is 0 Å².